The van der Waals surface area contributed by atoms with Crippen LogP contribution in [0.3, 0.4) is 0 Å². The van der Waals surface area contributed by atoms with Gasteiger partial charge in [-0.25, -0.2) is 14.6 Å². The van der Waals surface area contributed by atoms with E-state index in [1.54, 1.807) is 35.0 Å². The molecule has 0 saturated heterocycles. The van der Waals surface area contributed by atoms with Crippen LogP contribution < -0.4 is 11.3 Å². The van der Waals surface area contributed by atoms with E-state index in [1.807, 2.05) is 6.92 Å². The molecule has 0 fully saturated rings. The lowest BCUT2D eigenvalue weighted by molar-refractivity contribution is -0.193. The molecule has 0 aliphatic rings. The van der Waals surface area contributed by atoms with Gasteiger partial charge in [0.1, 0.15) is 11.6 Å². The monoisotopic (exact) mass is 638 g/mol. The van der Waals surface area contributed by atoms with Crippen molar-refractivity contribution in [2.24, 2.45) is 0 Å². The Hall–Kier alpha value is -4.81. The highest BCUT2D eigenvalue weighted by molar-refractivity contribution is 6.28. The number of rotatable bonds is 14. The van der Waals surface area contributed by atoms with Crippen LogP contribution in [0.5, 0.6) is 0 Å². The molecule has 0 radical (unpaired) electrons. The molecule has 2 atom stereocenters. The zero-order valence-electron chi connectivity index (χ0n) is 24.4. The second kappa shape index (κ2) is 13.4. The molecule has 1 aromatic carbocycles. The van der Waals surface area contributed by atoms with E-state index in [4.69, 9.17) is 33.2 Å². The molecule has 0 unspecified atom stereocenters. The Bertz CT molecular complexity index is 1800. The quantitative estimate of drug-likeness (QED) is 0.0887. The summed E-state index contributed by atoms with van der Waals surface area (Å²) >= 11 is 5.92. The molecule has 0 bridgehead atoms. The summed E-state index contributed by atoms with van der Waals surface area (Å²) in [6.07, 6.45) is 7.42. The van der Waals surface area contributed by atoms with Gasteiger partial charge in [-0.3, -0.25) is 4.79 Å². The molecule has 0 aliphatic heterocycles. The fourth-order valence-electron chi connectivity index (χ4n) is 4.85. The van der Waals surface area contributed by atoms with Crippen molar-refractivity contribution in [1.29, 1.82) is 0 Å². The van der Waals surface area contributed by atoms with Crippen molar-refractivity contribution < 1.29 is 34.4 Å². The van der Waals surface area contributed by atoms with Crippen molar-refractivity contribution in [3.05, 3.63) is 70.1 Å². The molecule has 15 heteroatoms. The minimum Gasteiger partial charge on any atom is -0.479 e. The summed E-state index contributed by atoms with van der Waals surface area (Å²) in [5, 5.41) is 31.4. The SMILES string of the molecule is C#C[C@](O)(Cn1cnc2c(N)nc(Cl)nc21)[C@@H](COC(Cc1ccc(-c2cccn(CCC)c2=O)cc1)(C(=O)O)C(=O)O)OC. The standard InChI is InChI=1S/C30H31ClN6O8/c1-4-12-36-13-6-7-20(25(36)38)19-10-8-18(9-11-19)14-30(26(39)40,27(41)42)45-15-21(44-3)29(43,5-2)16-37-17-33-22-23(32)34-28(31)35-24(22)37/h2,6-11,13,17,21,43H,4,12,14-16H2,1,3H3,(H,39,40)(H,41,42)(H2,32,34,35)/t21-,29+/m1/s1. The van der Waals surface area contributed by atoms with Gasteiger partial charge < -0.3 is 39.7 Å². The van der Waals surface area contributed by atoms with Gasteiger partial charge in [-0.2, -0.15) is 9.97 Å². The maximum Gasteiger partial charge on any atom is 0.348 e. The third kappa shape index (κ3) is 6.66. The number of benzene rings is 1. The van der Waals surface area contributed by atoms with Crippen LogP contribution in [-0.2, 0) is 38.6 Å². The van der Waals surface area contributed by atoms with Crippen LogP contribution in [0.2, 0.25) is 5.28 Å². The van der Waals surface area contributed by atoms with E-state index >= 15 is 0 Å². The number of aliphatic hydroxyl groups is 1. The average molecular weight is 639 g/mol. The first-order chi connectivity index (χ1) is 21.4. The number of methoxy groups -OCH3 is 1. The maximum atomic E-state index is 12.8. The number of terminal acetylenes is 1. The molecule has 5 N–H and O–H groups in total. The number of pyridine rings is 1. The van der Waals surface area contributed by atoms with Crippen LogP contribution in [0.4, 0.5) is 5.82 Å². The predicted molar refractivity (Wildman–Crippen MR) is 163 cm³/mol. The number of aromatic nitrogens is 5. The fraction of sp³-hybridized carbons (Fsp3) is 0.333. The number of anilines is 1. The van der Waals surface area contributed by atoms with Gasteiger partial charge in [0.2, 0.25) is 5.28 Å². The summed E-state index contributed by atoms with van der Waals surface area (Å²) in [5.41, 5.74) is 2.38. The molecule has 4 aromatic rings. The number of aryl methyl sites for hydroxylation is 1. The molecule has 0 saturated carbocycles. The second-order valence-corrected chi connectivity index (χ2v) is 10.6. The number of hydrogen-bond donors (Lipinski definition) is 4. The maximum absolute atomic E-state index is 12.8. The molecule has 45 heavy (non-hydrogen) atoms. The van der Waals surface area contributed by atoms with Crippen molar-refractivity contribution in [2.45, 2.75) is 50.2 Å². The zero-order valence-corrected chi connectivity index (χ0v) is 25.1. The number of fused-ring (bicyclic) bond motifs is 1. The van der Waals surface area contributed by atoms with Crippen LogP contribution in [0.25, 0.3) is 22.3 Å². The van der Waals surface area contributed by atoms with Gasteiger partial charge in [0.25, 0.3) is 11.2 Å². The molecule has 3 heterocycles. The van der Waals surface area contributed by atoms with Gasteiger partial charge in [-0.15, -0.1) is 6.42 Å². The predicted octanol–water partition coefficient (Wildman–Crippen LogP) is 1.85. The second-order valence-electron chi connectivity index (χ2n) is 10.3. The normalized spacial score (nSPS) is 13.7. The number of nitrogen functional groups attached to an aromatic ring is 1. The zero-order chi connectivity index (χ0) is 32.9. The molecule has 236 valence electrons. The molecular weight excluding hydrogens is 608 g/mol. The van der Waals surface area contributed by atoms with E-state index in [2.05, 4.69) is 20.9 Å². The number of carbonyl (C=O) groups is 2. The van der Waals surface area contributed by atoms with Gasteiger partial charge in [-0.05, 0) is 41.3 Å². The van der Waals surface area contributed by atoms with Crippen molar-refractivity contribution >= 4 is 40.5 Å². The minimum atomic E-state index is -2.79. The first-order valence-corrected chi connectivity index (χ1v) is 14.0. The first-order valence-electron chi connectivity index (χ1n) is 13.6. The minimum absolute atomic E-state index is 0.00211. The lowest BCUT2D eigenvalue weighted by Gasteiger charge is -2.33. The van der Waals surface area contributed by atoms with Crippen molar-refractivity contribution in [3.63, 3.8) is 0 Å². The Kier molecular flexibility index (Phi) is 9.89. The number of aliphatic carboxylic acids is 2. The Labute approximate surface area is 262 Å². The van der Waals surface area contributed by atoms with E-state index in [-0.39, 0.29) is 34.4 Å². The lowest BCUT2D eigenvalue weighted by Crippen LogP contribution is -2.55. The third-order valence-electron chi connectivity index (χ3n) is 7.32. The van der Waals surface area contributed by atoms with Gasteiger partial charge in [0.15, 0.2) is 17.1 Å². The summed E-state index contributed by atoms with van der Waals surface area (Å²) in [7, 11) is 1.19. The number of nitrogens with zero attached hydrogens (tertiary/aromatic N) is 5. The van der Waals surface area contributed by atoms with Crippen LogP contribution in [0.15, 0.2) is 53.7 Å². The Morgan fingerprint density at radius 3 is 2.44 bits per heavy atom. The first kappa shape index (κ1) is 33.1. The average Bonchev–Trinajstić information content (AvgIpc) is 3.40. The number of halogens is 1. The highest BCUT2D eigenvalue weighted by atomic mass is 35.5. The van der Waals surface area contributed by atoms with E-state index in [1.165, 1.54) is 30.1 Å². The molecule has 3 aromatic heterocycles. The van der Waals surface area contributed by atoms with Crippen LogP contribution in [0, 0.1) is 12.3 Å². The third-order valence-corrected chi connectivity index (χ3v) is 7.49. The van der Waals surface area contributed by atoms with Gasteiger partial charge in [0.05, 0.1) is 19.5 Å². The summed E-state index contributed by atoms with van der Waals surface area (Å²) in [4.78, 5) is 49.7. The molecule has 4 rings (SSSR count). The molecular formula is C30H31ClN6O8. The van der Waals surface area contributed by atoms with Gasteiger partial charge in [0, 0.05) is 31.8 Å². The molecule has 0 amide bonds. The summed E-state index contributed by atoms with van der Waals surface area (Å²) in [6.45, 7) is 1.39. The fourth-order valence-corrected chi connectivity index (χ4v) is 5.02. The molecule has 0 aliphatic carbocycles. The van der Waals surface area contributed by atoms with Crippen molar-refractivity contribution in [2.75, 3.05) is 19.5 Å². The topological polar surface area (TPSA) is 205 Å². The summed E-state index contributed by atoms with van der Waals surface area (Å²) in [5.74, 6) is -1.36. The van der Waals surface area contributed by atoms with E-state index in [9.17, 15) is 29.7 Å². The van der Waals surface area contributed by atoms with Crippen molar-refractivity contribution in [3.8, 4) is 23.5 Å². The Morgan fingerprint density at radius 1 is 1.16 bits per heavy atom. The molecule has 14 nitrogen and oxygen atoms in total. The number of hydrogen-bond acceptors (Lipinski definition) is 10. The molecule has 0 spiro atoms. The van der Waals surface area contributed by atoms with E-state index < -0.39 is 42.3 Å². The number of imidazole rings is 1. The Morgan fingerprint density at radius 2 is 1.84 bits per heavy atom. The summed E-state index contributed by atoms with van der Waals surface area (Å²) < 4.78 is 13.9. The highest BCUT2D eigenvalue weighted by Gasteiger charge is 2.50. The van der Waals surface area contributed by atoms with Gasteiger partial charge in [-0.1, -0.05) is 37.1 Å². The van der Waals surface area contributed by atoms with E-state index in [0.29, 0.717) is 23.2 Å². The Balaban J connectivity index is 1.58. The van der Waals surface area contributed by atoms with Crippen LogP contribution >= 0.6 is 11.6 Å². The van der Waals surface area contributed by atoms with E-state index in [0.717, 1.165) is 6.42 Å². The number of carboxylic acid groups (broad SMARTS) is 2. The summed E-state index contributed by atoms with van der Waals surface area (Å²) in [6, 6.07) is 9.67. The number of ether oxygens (including phenoxy) is 2. The lowest BCUT2D eigenvalue weighted by atomic mass is 9.92. The number of nitrogens with two attached hydrogens (primary N) is 1. The van der Waals surface area contributed by atoms with Crippen LogP contribution in [0.1, 0.15) is 18.9 Å². The highest BCUT2D eigenvalue weighted by Crippen LogP contribution is 2.27. The number of carboxylic acids is 2. The van der Waals surface area contributed by atoms with Crippen LogP contribution in [-0.4, -0.2) is 82.4 Å². The van der Waals surface area contributed by atoms with Crippen molar-refractivity contribution in [1.82, 2.24) is 24.1 Å². The largest absolute Gasteiger partial charge is 0.479 e. The smallest absolute Gasteiger partial charge is 0.348 e. The van der Waals surface area contributed by atoms with Gasteiger partial charge >= 0.3 is 11.9 Å².